The summed E-state index contributed by atoms with van der Waals surface area (Å²) < 4.78 is 11.7. The van der Waals surface area contributed by atoms with Gasteiger partial charge in [-0.2, -0.15) is 0 Å². The third-order valence-corrected chi connectivity index (χ3v) is 3.41. The SMILES string of the molecule is Cc1ccc([S@](=O)CC[C@H](C)O)cc1. The molecule has 0 aliphatic carbocycles. The van der Waals surface area contributed by atoms with Crippen molar-refractivity contribution in [2.24, 2.45) is 0 Å². The molecule has 1 aromatic carbocycles. The molecule has 1 aromatic rings. The maximum Gasteiger partial charge on any atom is 0.0530 e. The van der Waals surface area contributed by atoms with Crippen LogP contribution in [0.4, 0.5) is 0 Å². The lowest BCUT2D eigenvalue weighted by atomic mass is 10.2. The number of aliphatic hydroxyl groups excluding tert-OH is 1. The molecule has 0 fully saturated rings. The van der Waals surface area contributed by atoms with Gasteiger partial charge in [-0.1, -0.05) is 17.7 Å². The summed E-state index contributed by atoms with van der Waals surface area (Å²) >= 11 is 0. The van der Waals surface area contributed by atoms with E-state index in [1.165, 1.54) is 5.56 Å². The Bertz CT molecular complexity index is 304. The minimum atomic E-state index is -0.972. The van der Waals surface area contributed by atoms with E-state index < -0.39 is 10.8 Å². The van der Waals surface area contributed by atoms with E-state index >= 15 is 0 Å². The van der Waals surface area contributed by atoms with Crippen LogP contribution in [-0.2, 0) is 10.8 Å². The highest BCUT2D eigenvalue weighted by molar-refractivity contribution is 7.85. The van der Waals surface area contributed by atoms with Crippen LogP contribution >= 0.6 is 0 Å². The molecule has 0 spiro atoms. The monoisotopic (exact) mass is 212 g/mol. The van der Waals surface area contributed by atoms with E-state index in [1.807, 2.05) is 31.2 Å². The average Bonchev–Trinajstić information content (AvgIpc) is 2.15. The lowest BCUT2D eigenvalue weighted by Crippen LogP contribution is -2.07. The number of rotatable bonds is 4. The second-order valence-electron chi connectivity index (χ2n) is 3.50. The van der Waals surface area contributed by atoms with Crippen molar-refractivity contribution in [1.29, 1.82) is 0 Å². The summed E-state index contributed by atoms with van der Waals surface area (Å²) in [5, 5.41) is 9.06. The van der Waals surface area contributed by atoms with E-state index in [-0.39, 0.29) is 6.10 Å². The molecule has 2 nitrogen and oxygen atoms in total. The van der Waals surface area contributed by atoms with Gasteiger partial charge in [0.1, 0.15) is 0 Å². The zero-order valence-electron chi connectivity index (χ0n) is 8.56. The van der Waals surface area contributed by atoms with Crippen molar-refractivity contribution < 1.29 is 9.32 Å². The van der Waals surface area contributed by atoms with Gasteiger partial charge in [-0.15, -0.1) is 0 Å². The van der Waals surface area contributed by atoms with Gasteiger partial charge in [-0.25, -0.2) is 0 Å². The van der Waals surface area contributed by atoms with Crippen molar-refractivity contribution in [2.45, 2.75) is 31.3 Å². The zero-order chi connectivity index (χ0) is 10.6. The highest BCUT2D eigenvalue weighted by Crippen LogP contribution is 2.09. The molecule has 14 heavy (non-hydrogen) atoms. The Hall–Kier alpha value is -0.670. The summed E-state index contributed by atoms with van der Waals surface area (Å²) in [6.07, 6.45) is 0.213. The smallest absolute Gasteiger partial charge is 0.0530 e. The number of hydrogen-bond donors (Lipinski definition) is 1. The first-order chi connectivity index (χ1) is 6.59. The molecular formula is C11H16O2S. The highest BCUT2D eigenvalue weighted by atomic mass is 32.2. The normalized spacial score (nSPS) is 15.1. The molecule has 1 N–H and O–H groups in total. The van der Waals surface area contributed by atoms with Crippen molar-refractivity contribution >= 4 is 10.8 Å². The molecule has 0 amide bonds. The molecule has 0 aliphatic rings. The van der Waals surface area contributed by atoms with E-state index in [0.717, 1.165) is 4.90 Å². The maximum absolute atomic E-state index is 11.7. The number of aliphatic hydroxyl groups is 1. The Labute approximate surface area is 87.4 Å². The van der Waals surface area contributed by atoms with Gasteiger partial charge in [0.2, 0.25) is 0 Å². The number of hydrogen-bond acceptors (Lipinski definition) is 2. The Morgan fingerprint density at radius 1 is 1.36 bits per heavy atom. The van der Waals surface area contributed by atoms with E-state index in [0.29, 0.717) is 12.2 Å². The van der Waals surface area contributed by atoms with Crippen molar-refractivity contribution in [2.75, 3.05) is 5.75 Å². The Morgan fingerprint density at radius 3 is 2.43 bits per heavy atom. The Balaban J connectivity index is 2.57. The van der Waals surface area contributed by atoms with E-state index in [4.69, 9.17) is 5.11 Å². The van der Waals surface area contributed by atoms with E-state index in [2.05, 4.69) is 0 Å². The van der Waals surface area contributed by atoms with Crippen LogP contribution < -0.4 is 0 Å². The second kappa shape index (κ2) is 5.27. The molecule has 0 unspecified atom stereocenters. The molecular weight excluding hydrogens is 196 g/mol. The summed E-state index contributed by atoms with van der Waals surface area (Å²) in [5.74, 6) is 0.528. The minimum Gasteiger partial charge on any atom is -0.393 e. The zero-order valence-corrected chi connectivity index (χ0v) is 9.38. The third kappa shape index (κ3) is 3.60. The van der Waals surface area contributed by atoms with Crippen LogP contribution in [-0.4, -0.2) is 21.2 Å². The molecule has 2 atom stereocenters. The van der Waals surface area contributed by atoms with Gasteiger partial charge >= 0.3 is 0 Å². The van der Waals surface area contributed by atoms with Crippen molar-refractivity contribution in [3.8, 4) is 0 Å². The fourth-order valence-electron chi connectivity index (χ4n) is 1.09. The van der Waals surface area contributed by atoms with E-state index in [1.54, 1.807) is 6.92 Å². The first-order valence-corrected chi connectivity index (χ1v) is 6.04. The van der Waals surface area contributed by atoms with Crippen LogP contribution in [0.15, 0.2) is 29.2 Å². The van der Waals surface area contributed by atoms with Crippen LogP contribution in [0.2, 0.25) is 0 Å². The molecule has 78 valence electrons. The minimum absolute atomic E-state index is 0.371. The predicted molar refractivity (Wildman–Crippen MR) is 58.8 cm³/mol. The Morgan fingerprint density at radius 2 is 1.93 bits per heavy atom. The molecule has 0 saturated carbocycles. The Kier molecular flexibility index (Phi) is 4.29. The summed E-state index contributed by atoms with van der Waals surface area (Å²) in [7, 11) is -0.972. The van der Waals surface area contributed by atoms with Gasteiger partial charge in [-0.3, -0.25) is 4.21 Å². The highest BCUT2D eigenvalue weighted by Gasteiger charge is 2.04. The molecule has 1 rings (SSSR count). The summed E-state index contributed by atoms with van der Waals surface area (Å²) in [5.41, 5.74) is 1.17. The standard InChI is InChI=1S/C11H16O2S/c1-9-3-5-11(6-4-9)14(13)8-7-10(2)12/h3-6,10,12H,7-8H2,1-2H3/t10-,14+/m0/s1. The van der Waals surface area contributed by atoms with Crippen molar-refractivity contribution in [3.05, 3.63) is 29.8 Å². The fourth-order valence-corrected chi connectivity index (χ4v) is 2.32. The van der Waals surface area contributed by atoms with Crippen molar-refractivity contribution in [1.82, 2.24) is 0 Å². The third-order valence-electron chi connectivity index (χ3n) is 2.00. The maximum atomic E-state index is 11.7. The fraction of sp³-hybridized carbons (Fsp3) is 0.455. The predicted octanol–water partition coefficient (Wildman–Crippen LogP) is 1.87. The van der Waals surface area contributed by atoms with Gasteiger partial charge in [0.15, 0.2) is 0 Å². The molecule has 0 aliphatic heterocycles. The first kappa shape index (κ1) is 11.4. The molecule has 0 bridgehead atoms. The van der Waals surface area contributed by atoms with Gasteiger partial charge < -0.3 is 5.11 Å². The van der Waals surface area contributed by atoms with Gasteiger partial charge in [-0.05, 0) is 32.4 Å². The van der Waals surface area contributed by atoms with Crippen LogP contribution in [0.5, 0.6) is 0 Å². The molecule has 3 heteroatoms. The van der Waals surface area contributed by atoms with Gasteiger partial charge in [0.05, 0.1) is 16.9 Å². The number of benzene rings is 1. The van der Waals surface area contributed by atoms with Crippen LogP contribution in [0.3, 0.4) is 0 Å². The second-order valence-corrected chi connectivity index (χ2v) is 5.07. The van der Waals surface area contributed by atoms with E-state index in [9.17, 15) is 4.21 Å². The van der Waals surface area contributed by atoms with Crippen molar-refractivity contribution in [3.63, 3.8) is 0 Å². The van der Waals surface area contributed by atoms with Gasteiger partial charge in [0, 0.05) is 10.6 Å². The largest absolute Gasteiger partial charge is 0.393 e. The quantitative estimate of drug-likeness (QED) is 0.827. The molecule has 0 radical (unpaired) electrons. The average molecular weight is 212 g/mol. The van der Waals surface area contributed by atoms with Crippen LogP contribution in [0.1, 0.15) is 18.9 Å². The molecule has 0 heterocycles. The lowest BCUT2D eigenvalue weighted by Gasteiger charge is -2.04. The molecule has 0 saturated heterocycles. The topological polar surface area (TPSA) is 37.3 Å². The van der Waals surface area contributed by atoms with Gasteiger partial charge in [0.25, 0.3) is 0 Å². The summed E-state index contributed by atoms with van der Waals surface area (Å²) in [6, 6.07) is 7.67. The summed E-state index contributed by atoms with van der Waals surface area (Å²) in [4.78, 5) is 0.844. The first-order valence-electron chi connectivity index (χ1n) is 4.72. The summed E-state index contributed by atoms with van der Waals surface area (Å²) in [6.45, 7) is 3.72. The molecule has 0 aromatic heterocycles. The lowest BCUT2D eigenvalue weighted by molar-refractivity contribution is 0.192. The van der Waals surface area contributed by atoms with Crippen LogP contribution in [0.25, 0.3) is 0 Å². The van der Waals surface area contributed by atoms with Crippen LogP contribution in [0, 0.1) is 6.92 Å². The number of aryl methyl sites for hydroxylation is 1.